The standard InChI is InChI=1S/C16H13ClN2OS/c1-11(21-15-9-5-3-7-13(15)17)16(20)19-14-8-4-2-6-12(14)10-18/h2-9,11H,1H3,(H,19,20)/t11-/m1/s1. The van der Waals surface area contributed by atoms with Crippen LogP contribution in [0, 0.1) is 11.3 Å². The zero-order valence-corrected chi connectivity index (χ0v) is 12.9. The number of nitrogens with zero attached hydrogens (tertiary/aromatic N) is 1. The van der Waals surface area contributed by atoms with Gasteiger partial charge >= 0.3 is 0 Å². The Bertz CT molecular complexity index is 697. The predicted octanol–water partition coefficient (Wildman–Crippen LogP) is 4.33. The van der Waals surface area contributed by atoms with Crippen LogP contribution in [0.15, 0.2) is 53.4 Å². The number of para-hydroxylation sites is 1. The fourth-order valence-electron chi connectivity index (χ4n) is 1.71. The first-order chi connectivity index (χ1) is 10.1. The van der Waals surface area contributed by atoms with E-state index in [4.69, 9.17) is 16.9 Å². The van der Waals surface area contributed by atoms with E-state index in [1.54, 1.807) is 37.3 Å². The van der Waals surface area contributed by atoms with Gasteiger partial charge in [-0.25, -0.2) is 0 Å². The highest BCUT2D eigenvalue weighted by Gasteiger charge is 2.16. The maximum atomic E-state index is 12.2. The lowest BCUT2D eigenvalue weighted by molar-refractivity contribution is -0.115. The number of carbonyl (C=O) groups is 1. The molecule has 2 aromatic rings. The van der Waals surface area contributed by atoms with E-state index in [0.29, 0.717) is 16.3 Å². The average molecular weight is 317 g/mol. The molecule has 0 spiro atoms. The number of thioether (sulfide) groups is 1. The summed E-state index contributed by atoms with van der Waals surface area (Å²) in [5.41, 5.74) is 0.970. The third-order valence-electron chi connectivity index (χ3n) is 2.82. The normalized spacial score (nSPS) is 11.5. The number of nitrogens with one attached hydrogen (secondary N) is 1. The molecule has 106 valence electrons. The zero-order chi connectivity index (χ0) is 15.2. The Labute approximate surface area is 132 Å². The summed E-state index contributed by atoms with van der Waals surface area (Å²) in [5.74, 6) is -0.164. The first-order valence-electron chi connectivity index (χ1n) is 6.33. The maximum Gasteiger partial charge on any atom is 0.237 e. The number of hydrogen-bond acceptors (Lipinski definition) is 3. The molecule has 1 atom stereocenters. The van der Waals surface area contributed by atoms with Crippen LogP contribution in [0.4, 0.5) is 5.69 Å². The number of halogens is 1. The van der Waals surface area contributed by atoms with Crippen molar-refractivity contribution >= 4 is 35.0 Å². The number of amides is 1. The van der Waals surface area contributed by atoms with Crippen LogP contribution in [-0.2, 0) is 4.79 Å². The molecule has 0 radical (unpaired) electrons. The van der Waals surface area contributed by atoms with Gasteiger partial charge in [-0.05, 0) is 31.2 Å². The van der Waals surface area contributed by atoms with Crippen molar-refractivity contribution in [3.05, 3.63) is 59.1 Å². The summed E-state index contributed by atoms with van der Waals surface area (Å²) in [6.07, 6.45) is 0. The molecule has 0 aromatic heterocycles. The highest BCUT2D eigenvalue weighted by molar-refractivity contribution is 8.00. The molecule has 0 aliphatic heterocycles. The van der Waals surface area contributed by atoms with Crippen molar-refractivity contribution in [2.75, 3.05) is 5.32 Å². The second-order valence-corrected chi connectivity index (χ2v) is 6.13. The van der Waals surface area contributed by atoms with Crippen LogP contribution >= 0.6 is 23.4 Å². The van der Waals surface area contributed by atoms with E-state index in [9.17, 15) is 4.79 Å². The molecule has 21 heavy (non-hydrogen) atoms. The zero-order valence-electron chi connectivity index (χ0n) is 11.3. The number of hydrogen-bond donors (Lipinski definition) is 1. The minimum Gasteiger partial charge on any atom is -0.324 e. The quantitative estimate of drug-likeness (QED) is 0.854. The Morgan fingerprint density at radius 1 is 1.24 bits per heavy atom. The van der Waals surface area contributed by atoms with Crippen LogP contribution in [0.5, 0.6) is 0 Å². The Morgan fingerprint density at radius 3 is 2.62 bits per heavy atom. The Morgan fingerprint density at radius 2 is 1.90 bits per heavy atom. The summed E-state index contributed by atoms with van der Waals surface area (Å²) in [7, 11) is 0. The molecular weight excluding hydrogens is 304 g/mol. The van der Waals surface area contributed by atoms with Gasteiger partial charge in [0.1, 0.15) is 6.07 Å². The van der Waals surface area contributed by atoms with Crippen molar-refractivity contribution in [2.45, 2.75) is 17.1 Å². The molecule has 0 aliphatic carbocycles. The molecule has 0 unspecified atom stereocenters. The van der Waals surface area contributed by atoms with Crippen LogP contribution in [0.3, 0.4) is 0 Å². The van der Waals surface area contributed by atoms with Crippen molar-refractivity contribution in [2.24, 2.45) is 0 Å². The summed E-state index contributed by atoms with van der Waals surface area (Å²) >= 11 is 7.47. The minimum atomic E-state index is -0.323. The first-order valence-corrected chi connectivity index (χ1v) is 7.58. The number of benzene rings is 2. The number of nitriles is 1. The third-order valence-corrected chi connectivity index (χ3v) is 4.43. The molecule has 0 fully saturated rings. The molecule has 0 saturated carbocycles. The molecule has 0 saturated heterocycles. The Balaban J connectivity index is 2.07. The molecule has 2 rings (SSSR count). The van der Waals surface area contributed by atoms with E-state index >= 15 is 0 Å². The van der Waals surface area contributed by atoms with Gasteiger partial charge in [0.15, 0.2) is 0 Å². The van der Waals surface area contributed by atoms with Gasteiger partial charge in [0.25, 0.3) is 0 Å². The van der Waals surface area contributed by atoms with Crippen molar-refractivity contribution in [1.82, 2.24) is 0 Å². The number of rotatable bonds is 4. The topological polar surface area (TPSA) is 52.9 Å². The highest BCUT2D eigenvalue weighted by atomic mass is 35.5. The van der Waals surface area contributed by atoms with Crippen LogP contribution in [0.25, 0.3) is 0 Å². The van der Waals surface area contributed by atoms with Crippen molar-refractivity contribution < 1.29 is 4.79 Å². The van der Waals surface area contributed by atoms with Crippen LogP contribution in [-0.4, -0.2) is 11.2 Å². The number of anilines is 1. The van der Waals surface area contributed by atoms with E-state index in [-0.39, 0.29) is 11.2 Å². The lowest BCUT2D eigenvalue weighted by atomic mass is 10.2. The maximum absolute atomic E-state index is 12.2. The van der Waals surface area contributed by atoms with E-state index < -0.39 is 0 Å². The van der Waals surface area contributed by atoms with E-state index in [0.717, 1.165) is 4.90 Å². The largest absolute Gasteiger partial charge is 0.324 e. The molecular formula is C16H13ClN2OS. The molecule has 2 aromatic carbocycles. The van der Waals surface area contributed by atoms with Gasteiger partial charge < -0.3 is 5.32 Å². The summed E-state index contributed by atoms with van der Waals surface area (Å²) in [6, 6.07) is 16.4. The lowest BCUT2D eigenvalue weighted by Crippen LogP contribution is -2.22. The monoisotopic (exact) mass is 316 g/mol. The summed E-state index contributed by atoms with van der Waals surface area (Å²) in [6.45, 7) is 1.80. The van der Waals surface area contributed by atoms with E-state index in [1.165, 1.54) is 11.8 Å². The van der Waals surface area contributed by atoms with Crippen LogP contribution in [0.1, 0.15) is 12.5 Å². The van der Waals surface area contributed by atoms with Gasteiger partial charge in [0.05, 0.1) is 21.5 Å². The second-order valence-electron chi connectivity index (χ2n) is 4.34. The molecule has 5 heteroatoms. The average Bonchev–Trinajstić information content (AvgIpc) is 2.50. The third kappa shape index (κ3) is 4.01. The van der Waals surface area contributed by atoms with E-state index in [2.05, 4.69) is 11.4 Å². The molecule has 0 bridgehead atoms. The molecule has 0 heterocycles. The van der Waals surface area contributed by atoms with E-state index in [1.807, 2.05) is 18.2 Å². The molecule has 0 aliphatic rings. The van der Waals surface area contributed by atoms with Gasteiger partial charge in [0, 0.05) is 4.90 Å². The van der Waals surface area contributed by atoms with Gasteiger partial charge in [-0.1, -0.05) is 35.9 Å². The number of carbonyl (C=O) groups excluding carboxylic acids is 1. The lowest BCUT2D eigenvalue weighted by Gasteiger charge is -2.13. The van der Waals surface area contributed by atoms with Gasteiger partial charge in [-0.3, -0.25) is 4.79 Å². The molecule has 1 amide bonds. The smallest absolute Gasteiger partial charge is 0.237 e. The minimum absolute atomic E-state index is 0.164. The second kappa shape index (κ2) is 7.16. The van der Waals surface area contributed by atoms with Crippen molar-refractivity contribution in [1.29, 1.82) is 5.26 Å². The fourth-order valence-corrected chi connectivity index (χ4v) is 2.86. The van der Waals surface area contributed by atoms with Gasteiger partial charge in [-0.15, -0.1) is 11.8 Å². The molecule has 3 nitrogen and oxygen atoms in total. The SMILES string of the molecule is C[C@@H](Sc1ccccc1Cl)C(=O)Nc1ccccc1C#N. The summed E-state index contributed by atoms with van der Waals surface area (Å²) in [5, 5.41) is 12.1. The summed E-state index contributed by atoms with van der Waals surface area (Å²) in [4.78, 5) is 13.1. The van der Waals surface area contributed by atoms with Crippen LogP contribution < -0.4 is 5.32 Å². The van der Waals surface area contributed by atoms with Gasteiger partial charge in [-0.2, -0.15) is 5.26 Å². The van der Waals surface area contributed by atoms with Gasteiger partial charge in [0.2, 0.25) is 5.91 Å². The van der Waals surface area contributed by atoms with Crippen molar-refractivity contribution in [3.8, 4) is 6.07 Å². The fraction of sp³-hybridized carbons (Fsp3) is 0.125. The van der Waals surface area contributed by atoms with Crippen molar-refractivity contribution in [3.63, 3.8) is 0 Å². The summed E-state index contributed by atoms with van der Waals surface area (Å²) < 4.78 is 0. The Hall–Kier alpha value is -1.96. The van der Waals surface area contributed by atoms with Crippen LogP contribution in [0.2, 0.25) is 5.02 Å². The highest BCUT2D eigenvalue weighted by Crippen LogP contribution is 2.30. The predicted molar refractivity (Wildman–Crippen MR) is 86.6 cm³/mol. The first kappa shape index (κ1) is 15.4. The Kier molecular flexibility index (Phi) is 5.26. The molecule has 1 N–H and O–H groups in total.